The number of hydrogen-bond donors (Lipinski definition) is 0. The summed E-state index contributed by atoms with van der Waals surface area (Å²) < 4.78 is 9.04. The van der Waals surface area contributed by atoms with Gasteiger partial charge in [0.25, 0.3) is 5.91 Å². The zero-order chi connectivity index (χ0) is 20.3. The summed E-state index contributed by atoms with van der Waals surface area (Å²) in [7, 11) is 1.69. The summed E-state index contributed by atoms with van der Waals surface area (Å²) in [6.07, 6.45) is 3.45. The maximum Gasteiger partial charge on any atom is 0.274 e. The summed E-state index contributed by atoms with van der Waals surface area (Å²) >= 11 is 12.1. The van der Waals surface area contributed by atoms with E-state index in [1.807, 2.05) is 19.9 Å². The molecule has 7 nitrogen and oxygen atoms in total. The van der Waals surface area contributed by atoms with Gasteiger partial charge < -0.3 is 9.64 Å². The van der Waals surface area contributed by atoms with Crippen LogP contribution in [0, 0.1) is 6.92 Å². The Morgan fingerprint density at radius 1 is 1.21 bits per heavy atom. The zero-order valence-corrected chi connectivity index (χ0v) is 17.4. The number of hydrogen-bond acceptors (Lipinski definition) is 4. The topological polar surface area (TPSA) is 65.2 Å². The number of amides is 1. The lowest BCUT2D eigenvalue weighted by molar-refractivity contribution is 0.0775. The van der Waals surface area contributed by atoms with E-state index in [9.17, 15) is 4.79 Å². The van der Waals surface area contributed by atoms with Crippen LogP contribution in [-0.2, 0) is 19.8 Å². The average molecular weight is 422 g/mol. The minimum absolute atomic E-state index is 0.187. The van der Waals surface area contributed by atoms with Gasteiger partial charge in [0.2, 0.25) is 0 Å². The van der Waals surface area contributed by atoms with Gasteiger partial charge in [0.15, 0.2) is 12.4 Å². The van der Waals surface area contributed by atoms with Crippen LogP contribution in [0.3, 0.4) is 0 Å². The molecular formula is C19H21Cl2N5O2. The predicted molar refractivity (Wildman–Crippen MR) is 108 cm³/mol. The first-order valence-corrected chi connectivity index (χ1v) is 9.52. The van der Waals surface area contributed by atoms with Crippen LogP contribution in [0.4, 0.5) is 0 Å². The Balaban J connectivity index is 1.62. The maximum atomic E-state index is 12.6. The summed E-state index contributed by atoms with van der Waals surface area (Å²) in [5.41, 5.74) is 1.91. The van der Waals surface area contributed by atoms with Crippen molar-refractivity contribution < 1.29 is 9.53 Å². The molecule has 0 aliphatic rings. The second-order valence-electron chi connectivity index (χ2n) is 6.36. The molecule has 0 radical (unpaired) electrons. The van der Waals surface area contributed by atoms with E-state index in [0.29, 0.717) is 33.7 Å². The fraction of sp³-hybridized carbons (Fsp3) is 0.316. The fourth-order valence-corrected chi connectivity index (χ4v) is 3.09. The van der Waals surface area contributed by atoms with E-state index < -0.39 is 0 Å². The van der Waals surface area contributed by atoms with Crippen LogP contribution >= 0.6 is 23.2 Å². The van der Waals surface area contributed by atoms with Gasteiger partial charge in [0, 0.05) is 31.0 Å². The number of aryl methyl sites for hydroxylation is 2. The molecule has 0 bridgehead atoms. The van der Waals surface area contributed by atoms with Crippen molar-refractivity contribution in [3.8, 4) is 5.75 Å². The number of carbonyl (C=O) groups is 1. The monoisotopic (exact) mass is 421 g/mol. The molecule has 0 unspecified atom stereocenters. The normalized spacial score (nSPS) is 10.9. The Kier molecular flexibility index (Phi) is 6.26. The molecular weight excluding hydrogens is 401 g/mol. The number of benzene rings is 1. The van der Waals surface area contributed by atoms with Crippen molar-refractivity contribution in [3.63, 3.8) is 0 Å². The molecule has 1 amide bonds. The van der Waals surface area contributed by atoms with E-state index in [1.54, 1.807) is 47.0 Å². The van der Waals surface area contributed by atoms with Gasteiger partial charge in [-0.2, -0.15) is 10.2 Å². The van der Waals surface area contributed by atoms with E-state index in [-0.39, 0.29) is 12.6 Å². The Bertz CT molecular complexity index is 983. The van der Waals surface area contributed by atoms with Crippen molar-refractivity contribution in [2.75, 3.05) is 7.05 Å². The van der Waals surface area contributed by atoms with Gasteiger partial charge in [-0.1, -0.05) is 23.2 Å². The molecule has 3 rings (SSSR count). The molecule has 2 aromatic heterocycles. The van der Waals surface area contributed by atoms with Crippen LogP contribution in [0.5, 0.6) is 5.75 Å². The summed E-state index contributed by atoms with van der Waals surface area (Å²) in [5, 5.41) is 9.85. The van der Waals surface area contributed by atoms with Gasteiger partial charge >= 0.3 is 0 Å². The molecule has 2 heterocycles. The van der Waals surface area contributed by atoms with Gasteiger partial charge in [0.05, 0.1) is 11.6 Å². The molecule has 0 fully saturated rings. The van der Waals surface area contributed by atoms with Crippen molar-refractivity contribution in [2.45, 2.75) is 33.7 Å². The molecule has 148 valence electrons. The average Bonchev–Trinajstić information content (AvgIpc) is 3.27. The highest BCUT2D eigenvalue weighted by atomic mass is 35.5. The molecule has 0 aliphatic heterocycles. The van der Waals surface area contributed by atoms with Crippen LogP contribution in [0.1, 0.15) is 28.7 Å². The molecule has 0 atom stereocenters. The third-order valence-corrected chi connectivity index (χ3v) is 4.74. The van der Waals surface area contributed by atoms with Crippen molar-refractivity contribution in [2.24, 2.45) is 0 Å². The smallest absolute Gasteiger partial charge is 0.274 e. The van der Waals surface area contributed by atoms with Crippen molar-refractivity contribution in [1.29, 1.82) is 0 Å². The van der Waals surface area contributed by atoms with Crippen LogP contribution in [0.25, 0.3) is 0 Å². The van der Waals surface area contributed by atoms with E-state index >= 15 is 0 Å². The lowest BCUT2D eigenvalue weighted by Crippen LogP contribution is -2.27. The van der Waals surface area contributed by atoms with Crippen molar-refractivity contribution in [3.05, 3.63) is 63.7 Å². The first-order valence-electron chi connectivity index (χ1n) is 8.77. The second-order valence-corrected chi connectivity index (χ2v) is 7.21. The minimum Gasteiger partial charge on any atom is -0.471 e. The largest absolute Gasteiger partial charge is 0.471 e. The first-order chi connectivity index (χ1) is 13.4. The van der Waals surface area contributed by atoms with Gasteiger partial charge in [-0.25, -0.2) is 4.68 Å². The van der Waals surface area contributed by atoms with Crippen LogP contribution < -0.4 is 4.74 Å². The highest BCUT2D eigenvalue weighted by Crippen LogP contribution is 2.22. The van der Waals surface area contributed by atoms with Crippen molar-refractivity contribution in [1.82, 2.24) is 24.5 Å². The van der Waals surface area contributed by atoms with Crippen LogP contribution in [0.2, 0.25) is 10.0 Å². The molecule has 0 spiro atoms. The SMILES string of the molecule is CCn1cc(Cl)c(CN(C)C(=O)c2ccn(COc3ccc(Cl)cc3C)n2)n1. The zero-order valence-electron chi connectivity index (χ0n) is 15.9. The van der Waals surface area contributed by atoms with E-state index in [1.165, 1.54) is 4.90 Å². The third-order valence-electron chi connectivity index (χ3n) is 4.19. The highest BCUT2D eigenvalue weighted by molar-refractivity contribution is 6.31. The molecule has 0 N–H and O–H groups in total. The number of nitrogens with zero attached hydrogens (tertiary/aromatic N) is 5. The summed E-state index contributed by atoms with van der Waals surface area (Å²) in [6.45, 7) is 5.10. The van der Waals surface area contributed by atoms with E-state index in [0.717, 1.165) is 12.1 Å². The lowest BCUT2D eigenvalue weighted by atomic mass is 10.2. The number of halogens is 2. The van der Waals surface area contributed by atoms with Gasteiger partial charge in [-0.15, -0.1) is 0 Å². The molecule has 28 heavy (non-hydrogen) atoms. The van der Waals surface area contributed by atoms with Gasteiger partial charge in [-0.3, -0.25) is 9.48 Å². The van der Waals surface area contributed by atoms with Gasteiger partial charge in [0.1, 0.15) is 11.4 Å². The quantitative estimate of drug-likeness (QED) is 0.577. The Labute approximate surface area is 173 Å². The maximum absolute atomic E-state index is 12.6. The number of ether oxygens (including phenoxy) is 1. The molecule has 0 saturated heterocycles. The summed E-state index contributed by atoms with van der Waals surface area (Å²) in [6, 6.07) is 7.06. The molecule has 1 aromatic carbocycles. The Morgan fingerprint density at radius 3 is 2.68 bits per heavy atom. The number of rotatable bonds is 7. The van der Waals surface area contributed by atoms with Crippen LogP contribution in [0.15, 0.2) is 36.7 Å². The lowest BCUT2D eigenvalue weighted by Gasteiger charge is -2.14. The minimum atomic E-state index is -0.219. The second kappa shape index (κ2) is 8.67. The molecule has 0 saturated carbocycles. The number of carbonyl (C=O) groups excluding carboxylic acids is 1. The third kappa shape index (κ3) is 4.66. The highest BCUT2D eigenvalue weighted by Gasteiger charge is 2.18. The van der Waals surface area contributed by atoms with Crippen molar-refractivity contribution >= 4 is 29.1 Å². The summed E-state index contributed by atoms with van der Waals surface area (Å²) in [5.74, 6) is 0.495. The standard InChI is InChI=1S/C19H21Cl2N5O2/c1-4-25-10-15(21)17(23-25)11-24(3)19(27)16-7-8-26(22-16)12-28-18-6-5-14(20)9-13(18)2/h5-10H,4,11-12H2,1-3H3. The fourth-order valence-electron chi connectivity index (χ4n) is 2.66. The van der Waals surface area contributed by atoms with E-state index in [4.69, 9.17) is 27.9 Å². The van der Waals surface area contributed by atoms with Gasteiger partial charge in [-0.05, 0) is 43.7 Å². The Hall–Kier alpha value is -2.51. The molecule has 9 heteroatoms. The Morgan fingerprint density at radius 2 is 2.00 bits per heavy atom. The summed E-state index contributed by atoms with van der Waals surface area (Å²) in [4.78, 5) is 14.2. The van der Waals surface area contributed by atoms with Crippen LogP contribution in [-0.4, -0.2) is 37.4 Å². The first kappa shape index (κ1) is 20.2. The molecule has 3 aromatic rings. The van der Waals surface area contributed by atoms with E-state index in [2.05, 4.69) is 10.2 Å². The molecule has 0 aliphatic carbocycles. The number of aromatic nitrogens is 4. The predicted octanol–water partition coefficient (Wildman–Crippen LogP) is 4.02.